The average Bonchev–Trinajstić information content (AvgIpc) is 2.60. The largest absolute Gasteiger partial charge is 0.373 e. The summed E-state index contributed by atoms with van der Waals surface area (Å²) in [5.41, 5.74) is 0.367. The first-order chi connectivity index (χ1) is 13.1. The van der Waals surface area contributed by atoms with E-state index in [4.69, 9.17) is 4.74 Å². The number of ether oxygens (including phenoxy) is 1. The smallest absolute Gasteiger partial charge is 0.251 e. The van der Waals surface area contributed by atoms with Crippen molar-refractivity contribution in [3.05, 3.63) is 29.8 Å². The van der Waals surface area contributed by atoms with Crippen LogP contribution in [0.15, 0.2) is 29.2 Å². The number of sulfonamides is 1. The number of benzene rings is 1. The molecular formula is C21H34N2O4S. The van der Waals surface area contributed by atoms with Crippen LogP contribution in [-0.4, -0.2) is 50.0 Å². The number of hydrogen-bond acceptors (Lipinski definition) is 4. The molecule has 1 saturated heterocycles. The number of hydrogen-bond donors (Lipinski definition) is 1. The van der Waals surface area contributed by atoms with E-state index in [1.165, 1.54) is 10.4 Å². The van der Waals surface area contributed by atoms with Gasteiger partial charge in [-0.15, -0.1) is 0 Å². The quantitative estimate of drug-likeness (QED) is 0.712. The van der Waals surface area contributed by atoms with E-state index in [1.54, 1.807) is 18.2 Å². The standard InChI is InChI=1S/C21H34N2O4S/c1-15(2)8-6-9-16(3)22-21(24)19-10-7-11-20(12-19)28(25,26)23-13-17(4)27-18(5)14-23/h7,10-12,15-18H,6,8-9,13-14H2,1-5H3,(H,22,24)/t16-,17+,18+/m0/s1. The zero-order valence-electron chi connectivity index (χ0n) is 17.6. The Labute approximate surface area is 169 Å². The molecule has 0 unspecified atom stereocenters. The molecule has 0 bridgehead atoms. The fourth-order valence-electron chi connectivity index (χ4n) is 3.49. The van der Waals surface area contributed by atoms with E-state index < -0.39 is 10.0 Å². The second-order valence-electron chi connectivity index (χ2n) is 8.31. The summed E-state index contributed by atoms with van der Waals surface area (Å²) in [6.07, 6.45) is 2.78. The third-order valence-corrected chi connectivity index (χ3v) is 6.74. The number of rotatable bonds is 8. The van der Waals surface area contributed by atoms with Gasteiger partial charge in [-0.05, 0) is 51.3 Å². The Morgan fingerprint density at radius 1 is 1.18 bits per heavy atom. The summed E-state index contributed by atoms with van der Waals surface area (Å²) in [7, 11) is -3.66. The summed E-state index contributed by atoms with van der Waals surface area (Å²) >= 11 is 0. The third-order valence-electron chi connectivity index (χ3n) is 4.92. The van der Waals surface area contributed by atoms with Gasteiger partial charge in [0.05, 0.1) is 17.1 Å². The number of carbonyl (C=O) groups is 1. The van der Waals surface area contributed by atoms with Gasteiger partial charge in [0.2, 0.25) is 10.0 Å². The van der Waals surface area contributed by atoms with Crippen LogP contribution in [0.5, 0.6) is 0 Å². The predicted molar refractivity (Wildman–Crippen MR) is 111 cm³/mol. The van der Waals surface area contributed by atoms with Gasteiger partial charge in [0.1, 0.15) is 0 Å². The maximum Gasteiger partial charge on any atom is 0.251 e. The van der Waals surface area contributed by atoms with Gasteiger partial charge >= 0.3 is 0 Å². The minimum Gasteiger partial charge on any atom is -0.373 e. The second kappa shape index (κ2) is 9.85. The van der Waals surface area contributed by atoms with Crippen LogP contribution >= 0.6 is 0 Å². The number of carbonyl (C=O) groups excluding carboxylic acids is 1. The van der Waals surface area contributed by atoms with Gasteiger partial charge in [-0.3, -0.25) is 4.79 Å². The van der Waals surface area contributed by atoms with Crippen LogP contribution in [0.25, 0.3) is 0 Å². The summed E-state index contributed by atoms with van der Waals surface area (Å²) < 4.78 is 33.1. The van der Waals surface area contributed by atoms with E-state index in [1.807, 2.05) is 20.8 Å². The molecule has 0 aromatic heterocycles. The van der Waals surface area contributed by atoms with Crippen LogP contribution in [0.3, 0.4) is 0 Å². The van der Waals surface area contributed by atoms with Crippen molar-refractivity contribution in [1.82, 2.24) is 9.62 Å². The van der Waals surface area contributed by atoms with Crippen molar-refractivity contribution in [3.8, 4) is 0 Å². The first-order valence-electron chi connectivity index (χ1n) is 10.2. The molecule has 7 heteroatoms. The molecule has 0 spiro atoms. The van der Waals surface area contributed by atoms with E-state index in [2.05, 4.69) is 19.2 Å². The molecular weight excluding hydrogens is 376 g/mol. The highest BCUT2D eigenvalue weighted by atomic mass is 32.2. The summed E-state index contributed by atoms with van der Waals surface area (Å²) in [6.45, 7) is 10.7. The Morgan fingerprint density at radius 2 is 1.82 bits per heavy atom. The fourth-order valence-corrected chi connectivity index (χ4v) is 5.12. The summed E-state index contributed by atoms with van der Waals surface area (Å²) in [5.74, 6) is 0.410. The molecule has 1 aromatic carbocycles. The Hall–Kier alpha value is -1.44. The second-order valence-corrected chi connectivity index (χ2v) is 10.2. The molecule has 0 radical (unpaired) electrons. The molecule has 158 valence electrons. The molecule has 1 amide bonds. The monoisotopic (exact) mass is 410 g/mol. The van der Waals surface area contributed by atoms with Crippen molar-refractivity contribution in [2.24, 2.45) is 5.92 Å². The summed E-state index contributed by atoms with van der Waals surface area (Å²) in [6, 6.07) is 6.34. The van der Waals surface area contributed by atoms with Crippen molar-refractivity contribution in [2.45, 2.75) is 77.0 Å². The zero-order valence-corrected chi connectivity index (χ0v) is 18.5. The molecule has 1 fully saturated rings. The lowest BCUT2D eigenvalue weighted by Gasteiger charge is -2.34. The number of nitrogens with one attached hydrogen (secondary N) is 1. The first-order valence-corrected chi connectivity index (χ1v) is 11.6. The Kier molecular flexibility index (Phi) is 8.04. The fraction of sp³-hybridized carbons (Fsp3) is 0.667. The zero-order chi connectivity index (χ0) is 20.9. The van der Waals surface area contributed by atoms with Gasteiger partial charge in [-0.1, -0.05) is 32.8 Å². The van der Waals surface area contributed by atoms with Gasteiger partial charge in [-0.25, -0.2) is 8.42 Å². The van der Waals surface area contributed by atoms with Crippen LogP contribution in [0.4, 0.5) is 0 Å². The molecule has 1 aliphatic rings. The van der Waals surface area contributed by atoms with Crippen LogP contribution in [-0.2, 0) is 14.8 Å². The van der Waals surface area contributed by atoms with Crippen molar-refractivity contribution < 1.29 is 17.9 Å². The SMILES string of the molecule is CC(C)CCC[C@H](C)NC(=O)c1cccc(S(=O)(=O)N2C[C@@H](C)O[C@H](C)C2)c1. The van der Waals surface area contributed by atoms with E-state index in [0.29, 0.717) is 24.6 Å². The van der Waals surface area contributed by atoms with Gasteiger partial charge in [0, 0.05) is 24.7 Å². The highest BCUT2D eigenvalue weighted by Crippen LogP contribution is 2.22. The lowest BCUT2D eigenvalue weighted by molar-refractivity contribution is -0.0440. The highest BCUT2D eigenvalue weighted by Gasteiger charge is 2.32. The lowest BCUT2D eigenvalue weighted by Crippen LogP contribution is -2.48. The normalized spacial score (nSPS) is 22.2. The summed E-state index contributed by atoms with van der Waals surface area (Å²) in [5, 5.41) is 2.97. The molecule has 0 aliphatic carbocycles. The maximum atomic E-state index is 13.0. The van der Waals surface area contributed by atoms with Gasteiger partial charge in [0.15, 0.2) is 0 Å². The van der Waals surface area contributed by atoms with E-state index in [9.17, 15) is 13.2 Å². The van der Waals surface area contributed by atoms with Gasteiger partial charge in [-0.2, -0.15) is 4.31 Å². The molecule has 2 rings (SSSR count). The van der Waals surface area contributed by atoms with Crippen molar-refractivity contribution in [3.63, 3.8) is 0 Å². The van der Waals surface area contributed by atoms with Gasteiger partial charge < -0.3 is 10.1 Å². The molecule has 3 atom stereocenters. The van der Waals surface area contributed by atoms with Crippen LogP contribution in [0.2, 0.25) is 0 Å². The van der Waals surface area contributed by atoms with E-state index in [-0.39, 0.29) is 29.1 Å². The number of amides is 1. The molecule has 1 N–H and O–H groups in total. The van der Waals surface area contributed by atoms with Crippen LogP contribution in [0.1, 0.15) is 64.2 Å². The molecule has 1 heterocycles. The van der Waals surface area contributed by atoms with Crippen LogP contribution < -0.4 is 5.32 Å². The minimum absolute atomic E-state index is 0.0486. The Bertz CT molecular complexity index is 753. The lowest BCUT2D eigenvalue weighted by atomic mass is 10.0. The third kappa shape index (κ3) is 6.29. The molecule has 28 heavy (non-hydrogen) atoms. The first kappa shape index (κ1) is 22.8. The van der Waals surface area contributed by atoms with Crippen molar-refractivity contribution >= 4 is 15.9 Å². The Balaban J connectivity index is 2.07. The summed E-state index contributed by atoms with van der Waals surface area (Å²) in [4.78, 5) is 12.7. The van der Waals surface area contributed by atoms with E-state index >= 15 is 0 Å². The topological polar surface area (TPSA) is 75.7 Å². The van der Waals surface area contributed by atoms with Gasteiger partial charge in [0.25, 0.3) is 5.91 Å². The maximum absolute atomic E-state index is 13.0. The minimum atomic E-state index is -3.66. The van der Waals surface area contributed by atoms with Crippen LogP contribution in [0, 0.1) is 5.92 Å². The molecule has 0 saturated carbocycles. The number of nitrogens with zero attached hydrogens (tertiary/aromatic N) is 1. The van der Waals surface area contributed by atoms with Crippen molar-refractivity contribution in [2.75, 3.05) is 13.1 Å². The molecule has 1 aromatic rings. The average molecular weight is 411 g/mol. The molecule has 1 aliphatic heterocycles. The predicted octanol–water partition coefficient (Wildman–Crippen LogP) is 3.43. The highest BCUT2D eigenvalue weighted by molar-refractivity contribution is 7.89. The molecule has 6 nitrogen and oxygen atoms in total. The van der Waals surface area contributed by atoms with Crippen molar-refractivity contribution in [1.29, 1.82) is 0 Å². The number of morpholine rings is 1. The Morgan fingerprint density at radius 3 is 2.43 bits per heavy atom. The van der Waals surface area contributed by atoms with E-state index in [0.717, 1.165) is 19.3 Å².